The predicted octanol–water partition coefficient (Wildman–Crippen LogP) is 0.587. The van der Waals surface area contributed by atoms with Crippen LogP contribution in [0.4, 0.5) is 0 Å². The Morgan fingerprint density at radius 3 is 3.17 bits per heavy atom. The molecule has 0 aromatic carbocycles. The van der Waals surface area contributed by atoms with E-state index in [4.69, 9.17) is 5.73 Å². The maximum absolute atomic E-state index is 12.0. The molecule has 0 spiro atoms. The minimum absolute atomic E-state index is 0.00101. The third-order valence-corrected chi connectivity index (χ3v) is 2.75. The Kier molecular flexibility index (Phi) is 3.88. The van der Waals surface area contributed by atoms with Crippen LogP contribution in [0.15, 0.2) is 24.8 Å². The Hall–Kier alpha value is -1.95. The molecular formula is C12H17N5O. The first-order valence-electron chi connectivity index (χ1n) is 6.03. The molecule has 0 radical (unpaired) electrons. The van der Waals surface area contributed by atoms with Crippen LogP contribution in [0.5, 0.6) is 0 Å². The fourth-order valence-electron chi connectivity index (χ4n) is 1.80. The molecule has 6 heteroatoms. The average Bonchev–Trinajstić information content (AvgIpc) is 2.80. The lowest BCUT2D eigenvalue weighted by molar-refractivity contribution is 0.0952. The van der Waals surface area contributed by atoms with Gasteiger partial charge in [-0.05, 0) is 6.42 Å². The van der Waals surface area contributed by atoms with E-state index in [1.807, 2.05) is 0 Å². The number of fused-ring (bicyclic) bond motifs is 1. The highest BCUT2D eigenvalue weighted by Gasteiger charge is 2.13. The van der Waals surface area contributed by atoms with Gasteiger partial charge in [0.05, 0.1) is 23.5 Å². The number of aromatic nitrogens is 3. The number of carbonyl (C=O) groups excluding carboxylic acids is 1. The molecule has 18 heavy (non-hydrogen) atoms. The van der Waals surface area contributed by atoms with Crippen molar-refractivity contribution < 1.29 is 4.79 Å². The number of hydrogen-bond donors (Lipinski definition) is 2. The van der Waals surface area contributed by atoms with E-state index >= 15 is 0 Å². The zero-order chi connectivity index (χ0) is 13.0. The average molecular weight is 247 g/mol. The summed E-state index contributed by atoms with van der Waals surface area (Å²) >= 11 is 0. The van der Waals surface area contributed by atoms with Crippen molar-refractivity contribution in [3.8, 4) is 0 Å². The summed E-state index contributed by atoms with van der Waals surface area (Å²) in [7, 11) is 0. The third-order valence-electron chi connectivity index (χ3n) is 2.75. The fraction of sp³-hybridized carbons (Fsp3) is 0.417. The predicted molar refractivity (Wildman–Crippen MR) is 68.2 cm³/mol. The van der Waals surface area contributed by atoms with E-state index in [2.05, 4.69) is 22.3 Å². The SMILES string of the molecule is CCCC(N)CNC(=O)c1cnn2ccncc12. The van der Waals surface area contributed by atoms with Crippen LogP contribution in [0, 0.1) is 0 Å². The maximum Gasteiger partial charge on any atom is 0.255 e. The minimum Gasteiger partial charge on any atom is -0.350 e. The lowest BCUT2D eigenvalue weighted by Gasteiger charge is -2.10. The quantitative estimate of drug-likeness (QED) is 0.809. The molecule has 1 atom stereocenters. The highest BCUT2D eigenvalue weighted by molar-refractivity contribution is 6.00. The van der Waals surface area contributed by atoms with E-state index in [-0.39, 0.29) is 11.9 Å². The van der Waals surface area contributed by atoms with Crippen molar-refractivity contribution in [1.29, 1.82) is 0 Å². The minimum atomic E-state index is -0.162. The van der Waals surface area contributed by atoms with Gasteiger partial charge in [-0.2, -0.15) is 5.10 Å². The number of rotatable bonds is 5. The zero-order valence-corrected chi connectivity index (χ0v) is 10.3. The summed E-state index contributed by atoms with van der Waals surface area (Å²) in [5, 5.41) is 6.90. The van der Waals surface area contributed by atoms with Gasteiger partial charge < -0.3 is 11.1 Å². The second-order valence-electron chi connectivity index (χ2n) is 4.22. The van der Waals surface area contributed by atoms with Gasteiger partial charge in [0.2, 0.25) is 0 Å². The molecule has 6 nitrogen and oxygen atoms in total. The standard InChI is InChI=1S/C12H17N5O/c1-2-3-9(13)6-15-12(18)10-7-16-17-5-4-14-8-11(10)17/h4-5,7-9H,2-3,6,13H2,1H3,(H,15,18). The van der Waals surface area contributed by atoms with Crippen molar-refractivity contribution in [2.45, 2.75) is 25.8 Å². The van der Waals surface area contributed by atoms with Gasteiger partial charge >= 0.3 is 0 Å². The van der Waals surface area contributed by atoms with E-state index in [9.17, 15) is 4.79 Å². The van der Waals surface area contributed by atoms with Crippen molar-refractivity contribution in [1.82, 2.24) is 19.9 Å². The van der Waals surface area contributed by atoms with Crippen molar-refractivity contribution >= 4 is 11.4 Å². The second-order valence-corrected chi connectivity index (χ2v) is 4.22. The summed E-state index contributed by atoms with van der Waals surface area (Å²) in [6.45, 7) is 2.54. The molecule has 0 aliphatic rings. The van der Waals surface area contributed by atoms with Crippen molar-refractivity contribution in [2.75, 3.05) is 6.54 Å². The topological polar surface area (TPSA) is 85.3 Å². The Balaban J connectivity index is 2.05. The van der Waals surface area contributed by atoms with Crippen LogP contribution in [0.3, 0.4) is 0 Å². The maximum atomic E-state index is 12.0. The van der Waals surface area contributed by atoms with Gasteiger partial charge in [0, 0.05) is 25.0 Å². The molecule has 0 aliphatic heterocycles. The van der Waals surface area contributed by atoms with Crippen LogP contribution in [-0.2, 0) is 0 Å². The van der Waals surface area contributed by atoms with Gasteiger partial charge in [-0.25, -0.2) is 4.52 Å². The molecule has 96 valence electrons. The lowest BCUT2D eigenvalue weighted by atomic mass is 10.2. The van der Waals surface area contributed by atoms with E-state index in [0.29, 0.717) is 17.6 Å². The Labute approximate surface area is 105 Å². The Morgan fingerprint density at radius 2 is 2.39 bits per heavy atom. The van der Waals surface area contributed by atoms with Gasteiger partial charge in [0.1, 0.15) is 0 Å². The summed E-state index contributed by atoms with van der Waals surface area (Å²) in [6.07, 6.45) is 8.40. The summed E-state index contributed by atoms with van der Waals surface area (Å²) in [5.74, 6) is -0.162. The van der Waals surface area contributed by atoms with Crippen LogP contribution in [-0.4, -0.2) is 33.1 Å². The Morgan fingerprint density at radius 1 is 1.56 bits per heavy atom. The van der Waals surface area contributed by atoms with Crippen LogP contribution in [0.2, 0.25) is 0 Å². The van der Waals surface area contributed by atoms with E-state index < -0.39 is 0 Å². The molecule has 0 saturated carbocycles. The molecule has 2 heterocycles. The van der Waals surface area contributed by atoms with E-state index in [1.54, 1.807) is 23.1 Å². The lowest BCUT2D eigenvalue weighted by Crippen LogP contribution is -2.37. The smallest absolute Gasteiger partial charge is 0.255 e. The molecule has 0 fully saturated rings. The van der Waals surface area contributed by atoms with E-state index in [0.717, 1.165) is 12.8 Å². The number of nitrogens with one attached hydrogen (secondary N) is 1. The van der Waals surface area contributed by atoms with Crippen molar-refractivity contribution in [2.24, 2.45) is 5.73 Å². The van der Waals surface area contributed by atoms with Gasteiger partial charge in [-0.3, -0.25) is 9.78 Å². The molecule has 2 rings (SSSR count). The number of nitrogens with zero attached hydrogens (tertiary/aromatic N) is 3. The first-order valence-corrected chi connectivity index (χ1v) is 6.03. The number of nitrogens with two attached hydrogens (primary N) is 1. The van der Waals surface area contributed by atoms with E-state index in [1.165, 1.54) is 6.20 Å². The van der Waals surface area contributed by atoms with Crippen LogP contribution in [0.1, 0.15) is 30.1 Å². The molecular weight excluding hydrogens is 230 g/mol. The zero-order valence-electron chi connectivity index (χ0n) is 10.3. The fourth-order valence-corrected chi connectivity index (χ4v) is 1.80. The number of amides is 1. The molecule has 1 unspecified atom stereocenters. The number of carbonyl (C=O) groups is 1. The van der Waals surface area contributed by atoms with Gasteiger partial charge in [-0.1, -0.05) is 13.3 Å². The molecule has 2 aromatic rings. The first kappa shape index (κ1) is 12.5. The molecule has 0 saturated heterocycles. The highest BCUT2D eigenvalue weighted by Crippen LogP contribution is 2.08. The summed E-state index contributed by atoms with van der Waals surface area (Å²) < 4.78 is 1.62. The second kappa shape index (κ2) is 5.59. The van der Waals surface area contributed by atoms with Crippen molar-refractivity contribution in [3.63, 3.8) is 0 Å². The summed E-state index contributed by atoms with van der Waals surface area (Å²) in [5.41, 5.74) is 7.06. The Bertz CT molecular complexity index is 536. The molecule has 0 aliphatic carbocycles. The largest absolute Gasteiger partial charge is 0.350 e. The third kappa shape index (κ3) is 2.65. The molecule has 3 N–H and O–H groups in total. The van der Waals surface area contributed by atoms with Crippen LogP contribution in [0.25, 0.3) is 5.52 Å². The van der Waals surface area contributed by atoms with Crippen molar-refractivity contribution in [3.05, 3.63) is 30.4 Å². The monoisotopic (exact) mass is 247 g/mol. The van der Waals surface area contributed by atoms with Crippen LogP contribution >= 0.6 is 0 Å². The van der Waals surface area contributed by atoms with Crippen LogP contribution < -0.4 is 11.1 Å². The molecule has 0 bridgehead atoms. The molecule has 1 amide bonds. The van der Waals surface area contributed by atoms with Gasteiger partial charge in [0.25, 0.3) is 5.91 Å². The normalized spacial score (nSPS) is 12.6. The first-order chi connectivity index (χ1) is 8.72. The molecule has 2 aromatic heterocycles. The summed E-state index contributed by atoms with van der Waals surface area (Å²) in [6, 6.07) is -0.00101. The number of hydrogen-bond acceptors (Lipinski definition) is 4. The van der Waals surface area contributed by atoms with Gasteiger partial charge in [0.15, 0.2) is 0 Å². The van der Waals surface area contributed by atoms with Gasteiger partial charge in [-0.15, -0.1) is 0 Å². The highest BCUT2D eigenvalue weighted by atomic mass is 16.1. The summed E-state index contributed by atoms with van der Waals surface area (Å²) in [4.78, 5) is 16.0.